The number of urea groups is 1. The summed E-state index contributed by atoms with van der Waals surface area (Å²) in [5, 5.41) is 11.2. The summed E-state index contributed by atoms with van der Waals surface area (Å²) in [6, 6.07) is 2.06. The number of anilines is 1. The number of amides is 2. The molecule has 1 aliphatic rings. The van der Waals surface area contributed by atoms with Gasteiger partial charge in [0.2, 0.25) is 0 Å². The van der Waals surface area contributed by atoms with E-state index in [1.165, 1.54) is 4.90 Å². The van der Waals surface area contributed by atoms with Crippen LogP contribution in [0.2, 0.25) is 0 Å². The molecule has 0 radical (unpaired) electrons. The summed E-state index contributed by atoms with van der Waals surface area (Å²) in [4.78, 5) is 24.0. The van der Waals surface area contributed by atoms with Gasteiger partial charge in [-0.05, 0) is 18.6 Å². The number of halogens is 2. The van der Waals surface area contributed by atoms with Gasteiger partial charge in [-0.3, -0.25) is 4.79 Å². The Bertz CT molecular complexity index is 567. The Morgan fingerprint density at radius 1 is 1.40 bits per heavy atom. The number of rotatable bonds is 2. The molecule has 0 bridgehead atoms. The number of aliphatic carboxylic acids is 1. The van der Waals surface area contributed by atoms with Crippen molar-refractivity contribution in [2.45, 2.75) is 12.0 Å². The fraction of sp³-hybridized carbons (Fsp3) is 0.333. The highest BCUT2D eigenvalue weighted by Crippen LogP contribution is 2.21. The van der Waals surface area contributed by atoms with Gasteiger partial charge in [0.25, 0.3) is 0 Å². The van der Waals surface area contributed by atoms with Crippen LogP contribution in [0.3, 0.4) is 0 Å². The molecule has 8 heteroatoms. The Hall–Kier alpha value is -2.22. The normalized spacial score (nSPS) is 21.9. The Balaban J connectivity index is 2.05. The lowest BCUT2D eigenvalue weighted by Gasteiger charge is -2.20. The van der Waals surface area contributed by atoms with Crippen LogP contribution < -0.4 is 11.1 Å². The van der Waals surface area contributed by atoms with Crippen molar-refractivity contribution in [1.82, 2.24) is 4.90 Å². The molecular formula is C12H13F2N3O3. The summed E-state index contributed by atoms with van der Waals surface area (Å²) >= 11 is 0. The number of nitrogens with zero attached hydrogens (tertiary/aromatic N) is 1. The smallest absolute Gasteiger partial charge is 0.325 e. The van der Waals surface area contributed by atoms with Crippen LogP contribution in [0.15, 0.2) is 18.2 Å². The molecule has 1 heterocycles. The van der Waals surface area contributed by atoms with Crippen LogP contribution in [-0.4, -0.2) is 40.6 Å². The predicted octanol–water partition coefficient (Wildman–Crippen LogP) is 0.984. The number of carbonyl (C=O) groups excluding carboxylic acids is 1. The minimum atomic E-state index is -1.49. The first-order chi connectivity index (χ1) is 9.32. The van der Waals surface area contributed by atoms with Crippen LogP contribution in [0.25, 0.3) is 0 Å². The van der Waals surface area contributed by atoms with Gasteiger partial charge >= 0.3 is 12.0 Å². The minimum absolute atomic E-state index is 0.113. The molecule has 1 aromatic rings. The molecule has 1 unspecified atom stereocenters. The van der Waals surface area contributed by atoms with E-state index in [0.29, 0.717) is 6.07 Å². The first-order valence-electron chi connectivity index (χ1n) is 5.85. The molecule has 1 atom stereocenters. The van der Waals surface area contributed by atoms with Crippen LogP contribution in [0, 0.1) is 11.6 Å². The molecule has 2 amide bonds. The van der Waals surface area contributed by atoms with Gasteiger partial charge in [0.15, 0.2) is 0 Å². The van der Waals surface area contributed by atoms with Crippen LogP contribution in [0.5, 0.6) is 0 Å². The number of hydrogen-bond acceptors (Lipinski definition) is 3. The summed E-state index contributed by atoms with van der Waals surface area (Å²) < 4.78 is 26.1. The van der Waals surface area contributed by atoms with E-state index < -0.39 is 29.2 Å². The highest BCUT2D eigenvalue weighted by Gasteiger charge is 2.43. The van der Waals surface area contributed by atoms with E-state index in [0.717, 1.165) is 12.1 Å². The molecule has 0 spiro atoms. The van der Waals surface area contributed by atoms with Gasteiger partial charge in [0, 0.05) is 12.6 Å². The molecular weight excluding hydrogens is 272 g/mol. The maximum absolute atomic E-state index is 13.4. The first kappa shape index (κ1) is 14.2. The average Bonchev–Trinajstić information content (AvgIpc) is 2.77. The second-order valence-electron chi connectivity index (χ2n) is 4.69. The molecule has 108 valence electrons. The van der Waals surface area contributed by atoms with E-state index in [-0.39, 0.29) is 25.2 Å². The maximum Gasteiger partial charge on any atom is 0.325 e. The Labute approximate surface area is 113 Å². The zero-order valence-corrected chi connectivity index (χ0v) is 10.4. The molecule has 20 heavy (non-hydrogen) atoms. The topological polar surface area (TPSA) is 95.7 Å². The molecule has 2 rings (SSSR count). The van der Waals surface area contributed by atoms with Crippen molar-refractivity contribution in [3.63, 3.8) is 0 Å². The van der Waals surface area contributed by atoms with Crippen molar-refractivity contribution in [3.05, 3.63) is 29.8 Å². The third-order valence-corrected chi connectivity index (χ3v) is 3.19. The average molecular weight is 285 g/mol. The number of carbonyl (C=O) groups is 2. The van der Waals surface area contributed by atoms with Crippen LogP contribution in [-0.2, 0) is 4.79 Å². The van der Waals surface area contributed by atoms with Crippen LogP contribution in [0.1, 0.15) is 6.42 Å². The first-order valence-corrected chi connectivity index (χ1v) is 5.85. The predicted molar refractivity (Wildman–Crippen MR) is 66.1 cm³/mol. The van der Waals surface area contributed by atoms with Gasteiger partial charge in [0.1, 0.15) is 17.2 Å². The van der Waals surface area contributed by atoms with Gasteiger partial charge in [0.05, 0.1) is 12.2 Å². The third kappa shape index (κ3) is 2.69. The van der Waals surface area contributed by atoms with Crippen molar-refractivity contribution in [2.75, 3.05) is 18.4 Å². The lowest BCUT2D eigenvalue weighted by Crippen LogP contribution is -2.51. The van der Waals surface area contributed by atoms with E-state index in [4.69, 9.17) is 10.8 Å². The van der Waals surface area contributed by atoms with E-state index >= 15 is 0 Å². The molecule has 6 nitrogen and oxygen atoms in total. The molecule has 4 N–H and O–H groups in total. The van der Waals surface area contributed by atoms with E-state index in [9.17, 15) is 18.4 Å². The maximum atomic E-state index is 13.4. The van der Waals surface area contributed by atoms with Crippen LogP contribution in [0.4, 0.5) is 19.3 Å². The fourth-order valence-electron chi connectivity index (χ4n) is 1.97. The highest BCUT2D eigenvalue weighted by molar-refractivity contribution is 5.91. The second-order valence-corrected chi connectivity index (χ2v) is 4.69. The quantitative estimate of drug-likeness (QED) is 0.755. The summed E-state index contributed by atoms with van der Waals surface area (Å²) in [5.41, 5.74) is 3.96. The van der Waals surface area contributed by atoms with Crippen molar-refractivity contribution < 1.29 is 23.5 Å². The zero-order valence-electron chi connectivity index (χ0n) is 10.4. The van der Waals surface area contributed by atoms with Gasteiger partial charge in [-0.2, -0.15) is 0 Å². The second kappa shape index (κ2) is 5.04. The largest absolute Gasteiger partial charge is 0.480 e. The van der Waals surface area contributed by atoms with Crippen molar-refractivity contribution in [2.24, 2.45) is 5.73 Å². The summed E-state index contributed by atoms with van der Waals surface area (Å²) in [6.45, 7) is -0.0194. The molecule has 1 saturated heterocycles. The number of carboxylic acid groups (broad SMARTS) is 1. The Morgan fingerprint density at radius 3 is 2.65 bits per heavy atom. The van der Waals surface area contributed by atoms with E-state index in [2.05, 4.69) is 5.32 Å². The third-order valence-electron chi connectivity index (χ3n) is 3.19. The Kier molecular flexibility index (Phi) is 3.58. The minimum Gasteiger partial charge on any atom is -0.480 e. The van der Waals surface area contributed by atoms with Crippen molar-refractivity contribution >= 4 is 17.7 Å². The summed E-state index contributed by atoms with van der Waals surface area (Å²) in [6.07, 6.45) is 0.113. The summed E-state index contributed by atoms with van der Waals surface area (Å²) in [5.74, 6) is -2.86. The molecule has 0 aliphatic carbocycles. The number of hydrogen-bond donors (Lipinski definition) is 3. The lowest BCUT2D eigenvalue weighted by molar-refractivity contribution is -0.142. The number of carboxylic acids is 1. The number of likely N-dealkylation sites (tertiary alicyclic amines) is 1. The summed E-state index contributed by atoms with van der Waals surface area (Å²) in [7, 11) is 0. The van der Waals surface area contributed by atoms with Gasteiger partial charge in [-0.1, -0.05) is 0 Å². The van der Waals surface area contributed by atoms with Crippen LogP contribution >= 0.6 is 0 Å². The molecule has 0 aromatic heterocycles. The molecule has 1 aliphatic heterocycles. The molecule has 1 aromatic carbocycles. The van der Waals surface area contributed by atoms with E-state index in [1.54, 1.807) is 0 Å². The number of nitrogens with two attached hydrogens (primary N) is 1. The monoisotopic (exact) mass is 285 g/mol. The highest BCUT2D eigenvalue weighted by atomic mass is 19.1. The lowest BCUT2D eigenvalue weighted by atomic mass is 10.0. The van der Waals surface area contributed by atoms with Gasteiger partial charge in [-0.15, -0.1) is 0 Å². The number of nitrogens with one attached hydrogen (secondary N) is 1. The molecule has 0 saturated carbocycles. The molecule has 1 fully saturated rings. The number of benzene rings is 1. The fourth-order valence-corrected chi connectivity index (χ4v) is 1.97. The van der Waals surface area contributed by atoms with E-state index in [1.807, 2.05) is 0 Å². The van der Waals surface area contributed by atoms with Gasteiger partial charge < -0.3 is 21.1 Å². The van der Waals surface area contributed by atoms with Gasteiger partial charge in [-0.25, -0.2) is 13.6 Å². The van der Waals surface area contributed by atoms with Crippen molar-refractivity contribution in [1.29, 1.82) is 0 Å². The SMILES string of the molecule is NC1(C(=O)O)CCN(C(=O)Nc2ccc(F)cc2F)C1. The standard InChI is InChI=1S/C12H13F2N3O3/c13-7-1-2-9(8(14)5-7)16-11(20)17-4-3-12(15,6-17)10(18)19/h1-2,5H,3-4,6,15H2,(H,16,20)(H,18,19). The Morgan fingerprint density at radius 2 is 2.10 bits per heavy atom. The van der Waals surface area contributed by atoms with Crippen molar-refractivity contribution in [3.8, 4) is 0 Å². The zero-order chi connectivity index (χ0) is 14.9.